The molecule has 0 aromatic carbocycles. The summed E-state index contributed by atoms with van der Waals surface area (Å²) in [6.45, 7) is 2.23. The Kier molecular flexibility index (Phi) is 3.27. The lowest BCUT2D eigenvalue weighted by Gasteiger charge is -2.03. The van der Waals surface area contributed by atoms with Gasteiger partial charge in [-0.2, -0.15) is 4.98 Å². The lowest BCUT2D eigenvalue weighted by atomic mass is 10.0. The molecular formula is C12H15N5O. The fourth-order valence-corrected chi connectivity index (χ4v) is 2.17. The number of rotatable bonds is 4. The predicted molar refractivity (Wildman–Crippen MR) is 64.6 cm³/mol. The van der Waals surface area contributed by atoms with Gasteiger partial charge >= 0.3 is 0 Å². The molecule has 94 valence electrons. The van der Waals surface area contributed by atoms with E-state index in [0.29, 0.717) is 17.4 Å². The van der Waals surface area contributed by atoms with E-state index in [2.05, 4.69) is 25.4 Å². The van der Waals surface area contributed by atoms with Crippen molar-refractivity contribution in [1.82, 2.24) is 25.4 Å². The van der Waals surface area contributed by atoms with Crippen LogP contribution in [0.15, 0.2) is 23.1 Å². The minimum absolute atomic E-state index is 0.539. The van der Waals surface area contributed by atoms with Crippen molar-refractivity contribution < 1.29 is 4.52 Å². The van der Waals surface area contributed by atoms with Crippen molar-refractivity contribution in [2.24, 2.45) is 5.92 Å². The van der Waals surface area contributed by atoms with Gasteiger partial charge in [0, 0.05) is 12.6 Å². The molecule has 18 heavy (non-hydrogen) atoms. The molecule has 3 heterocycles. The molecule has 0 bridgehead atoms. The van der Waals surface area contributed by atoms with E-state index in [1.54, 1.807) is 12.3 Å². The normalized spacial score (nSPS) is 19.2. The second-order valence-electron chi connectivity index (χ2n) is 4.50. The van der Waals surface area contributed by atoms with Crippen LogP contribution in [0.1, 0.15) is 18.7 Å². The molecule has 1 unspecified atom stereocenters. The summed E-state index contributed by atoms with van der Waals surface area (Å²) < 4.78 is 5.24. The van der Waals surface area contributed by atoms with Gasteiger partial charge in [0.15, 0.2) is 0 Å². The first kappa shape index (κ1) is 11.3. The SMILES string of the molecule is c1cc(-c2noc(CCC3CCNC3)n2)ncn1. The monoisotopic (exact) mass is 245 g/mol. The highest BCUT2D eigenvalue weighted by atomic mass is 16.5. The molecule has 3 rings (SSSR count). The van der Waals surface area contributed by atoms with Gasteiger partial charge in [0.2, 0.25) is 11.7 Å². The largest absolute Gasteiger partial charge is 0.339 e. The highest BCUT2D eigenvalue weighted by molar-refractivity contribution is 5.46. The van der Waals surface area contributed by atoms with Crippen LogP contribution >= 0.6 is 0 Å². The molecule has 1 atom stereocenters. The van der Waals surface area contributed by atoms with Gasteiger partial charge in [-0.1, -0.05) is 5.16 Å². The first-order valence-corrected chi connectivity index (χ1v) is 6.21. The quantitative estimate of drug-likeness (QED) is 0.868. The molecule has 0 aliphatic carbocycles. The summed E-state index contributed by atoms with van der Waals surface area (Å²) in [6.07, 6.45) is 6.33. The lowest BCUT2D eigenvalue weighted by molar-refractivity contribution is 0.365. The molecule has 2 aromatic rings. The number of nitrogens with zero attached hydrogens (tertiary/aromatic N) is 4. The zero-order valence-electron chi connectivity index (χ0n) is 10.0. The summed E-state index contributed by atoms with van der Waals surface area (Å²) in [7, 11) is 0. The topological polar surface area (TPSA) is 76.7 Å². The van der Waals surface area contributed by atoms with Crippen molar-refractivity contribution in [3.63, 3.8) is 0 Å². The molecular weight excluding hydrogens is 230 g/mol. The van der Waals surface area contributed by atoms with Gasteiger partial charge in [-0.25, -0.2) is 9.97 Å². The number of aromatic nitrogens is 4. The number of aryl methyl sites for hydroxylation is 1. The van der Waals surface area contributed by atoms with E-state index in [4.69, 9.17) is 4.52 Å². The third-order valence-corrected chi connectivity index (χ3v) is 3.21. The van der Waals surface area contributed by atoms with Crippen LogP contribution in [0, 0.1) is 5.92 Å². The Morgan fingerprint density at radius 1 is 1.44 bits per heavy atom. The highest BCUT2D eigenvalue weighted by Gasteiger charge is 2.16. The van der Waals surface area contributed by atoms with Gasteiger partial charge in [-0.05, 0) is 37.9 Å². The molecule has 1 fully saturated rings. The summed E-state index contributed by atoms with van der Waals surface area (Å²) in [6, 6.07) is 1.77. The molecule has 6 nitrogen and oxygen atoms in total. The fraction of sp³-hybridized carbons (Fsp3) is 0.500. The van der Waals surface area contributed by atoms with Crippen LogP contribution in [0.25, 0.3) is 11.5 Å². The van der Waals surface area contributed by atoms with Crippen molar-refractivity contribution >= 4 is 0 Å². The Bertz CT molecular complexity index is 492. The Morgan fingerprint density at radius 3 is 3.22 bits per heavy atom. The molecule has 1 saturated heterocycles. The fourth-order valence-electron chi connectivity index (χ4n) is 2.17. The maximum absolute atomic E-state index is 5.24. The summed E-state index contributed by atoms with van der Waals surface area (Å²) in [5.74, 6) is 1.96. The van der Waals surface area contributed by atoms with Crippen LogP contribution in [0.3, 0.4) is 0 Å². The summed E-state index contributed by atoms with van der Waals surface area (Å²) >= 11 is 0. The smallest absolute Gasteiger partial charge is 0.227 e. The molecule has 1 N–H and O–H groups in total. The van der Waals surface area contributed by atoms with Crippen molar-refractivity contribution in [1.29, 1.82) is 0 Å². The molecule has 0 spiro atoms. The first-order valence-electron chi connectivity index (χ1n) is 6.21. The van der Waals surface area contributed by atoms with Crippen LogP contribution in [-0.4, -0.2) is 33.2 Å². The van der Waals surface area contributed by atoms with Gasteiger partial charge in [-0.15, -0.1) is 0 Å². The molecule has 6 heteroatoms. The van der Waals surface area contributed by atoms with Crippen molar-refractivity contribution in [2.45, 2.75) is 19.3 Å². The Morgan fingerprint density at radius 2 is 2.44 bits per heavy atom. The first-order chi connectivity index (χ1) is 8.92. The van der Waals surface area contributed by atoms with E-state index in [1.165, 1.54) is 12.7 Å². The zero-order valence-corrected chi connectivity index (χ0v) is 10.0. The van der Waals surface area contributed by atoms with E-state index in [9.17, 15) is 0 Å². The second-order valence-corrected chi connectivity index (χ2v) is 4.50. The van der Waals surface area contributed by atoms with E-state index in [-0.39, 0.29) is 0 Å². The number of nitrogens with one attached hydrogen (secondary N) is 1. The zero-order chi connectivity index (χ0) is 12.2. The van der Waals surface area contributed by atoms with Gasteiger partial charge < -0.3 is 9.84 Å². The minimum atomic E-state index is 0.539. The third kappa shape index (κ3) is 2.53. The van der Waals surface area contributed by atoms with Gasteiger partial charge in [0.1, 0.15) is 12.0 Å². The van der Waals surface area contributed by atoms with E-state index in [1.807, 2.05) is 0 Å². The third-order valence-electron chi connectivity index (χ3n) is 3.21. The van der Waals surface area contributed by atoms with Crippen LogP contribution in [0.5, 0.6) is 0 Å². The van der Waals surface area contributed by atoms with Crippen LogP contribution in [0.4, 0.5) is 0 Å². The van der Waals surface area contributed by atoms with Crippen LogP contribution < -0.4 is 5.32 Å². The standard InChI is InChI=1S/C12H15N5O/c1(9-3-5-13-7-9)2-11-16-12(17-18-11)10-4-6-14-8-15-10/h4,6,8-9,13H,1-3,5,7H2. The second kappa shape index (κ2) is 5.22. The van der Waals surface area contributed by atoms with Gasteiger partial charge in [0.25, 0.3) is 0 Å². The van der Waals surface area contributed by atoms with Crippen molar-refractivity contribution in [2.75, 3.05) is 13.1 Å². The highest BCUT2D eigenvalue weighted by Crippen LogP contribution is 2.17. The average molecular weight is 245 g/mol. The van der Waals surface area contributed by atoms with E-state index >= 15 is 0 Å². The summed E-state index contributed by atoms with van der Waals surface area (Å²) in [5, 5.41) is 7.30. The molecule has 0 radical (unpaired) electrons. The molecule has 0 saturated carbocycles. The predicted octanol–water partition coefficient (Wildman–Crippen LogP) is 1.07. The van der Waals surface area contributed by atoms with E-state index in [0.717, 1.165) is 31.8 Å². The maximum Gasteiger partial charge on any atom is 0.227 e. The van der Waals surface area contributed by atoms with Crippen LogP contribution in [0.2, 0.25) is 0 Å². The van der Waals surface area contributed by atoms with Crippen LogP contribution in [-0.2, 0) is 6.42 Å². The van der Waals surface area contributed by atoms with Gasteiger partial charge in [0.05, 0.1) is 0 Å². The Balaban J connectivity index is 1.63. The molecule has 1 aliphatic heterocycles. The number of hydrogen-bond donors (Lipinski definition) is 1. The maximum atomic E-state index is 5.24. The Labute approximate surface area is 105 Å². The molecule has 2 aromatic heterocycles. The van der Waals surface area contributed by atoms with Gasteiger partial charge in [-0.3, -0.25) is 0 Å². The van der Waals surface area contributed by atoms with Crippen molar-refractivity contribution in [3.8, 4) is 11.5 Å². The summed E-state index contributed by atoms with van der Waals surface area (Å²) in [4.78, 5) is 12.3. The van der Waals surface area contributed by atoms with Crippen molar-refractivity contribution in [3.05, 3.63) is 24.5 Å². The lowest BCUT2D eigenvalue weighted by Crippen LogP contribution is -2.09. The molecule has 1 aliphatic rings. The summed E-state index contributed by atoms with van der Waals surface area (Å²) in [5.41, 5.74) is 0.697. The molecule has 0 amide bonds. The number of hydrogen-bond acceptors (Lipinski definition) is 6. The average Bonchev–Trinajstić information content (AvgIpc) is 3.09. The minimum Gasteiger partial charge on any atom is -0.339 e. The Hall–Kier alpha value is -1.82. The van der Waals surface area contributed by atoms with E-state index < -0.39 is 0 Å².